The Morgan fingerprint density at radius 3 is 2.58 bits per heavy atom. The highest BCUT2D eigenvalue weighted by molar-refractivity contribution is 7.09. The number of hydrogen-bond acceptors (Lipinski definition) is 4. The van der Waals surface area contributed by atoms with E-state index in [0.29, 0.717) is 19.5 Å². The summed E-state index contributed by atoms with van der Waals surface area (Å²) in [5.41, 5.74) is 0.965. The number of aromatic nitrogens is 1. The molecule has 0 spiro atoms. The van der Waals surface area contributed by atoms with E-state index in [9.17, 15) is 9.59 Å². The minimum Gasteiger partial charge on any atom is -0.355 e. The van der Waals surface area contributed by atoms with E-state index in [4.69, 9.17) is 0 Å². The Balaban J connectivity index is 2.28. The molecule has 0 fully saturated rings. The zero-order valence-corrected chi connectivity index (χ0v) is 12.7. The summed E-state index contributed by atoms with van der Waals surface area (Å²) >= 11 is 1.24. The number of nitrogens with one attached hydrogen (secondary N) is 2. The molecule has 1 heterocycles. The number of carbonyl (C=O) groups is 1. The minimum absolute atomic E-state index is 0.00606. The zero-order chi connectivity index (χ0) is 14.3. The molecule has 5 nitrogen and oxygen atoms in total. The van der Waals surface area contributed by atoms with Gasteiger partial charge in [0.05, 0.1) is 0 Å². The summed E-state index contributed by atoms with van der Waals surface area (Å²) in [5, 5.41) is 6.06. The van der Waals surface area contributed by atoms with E-state index in [0.717, 1.165) is 30.1 Å². The zero-order valence-electron chi connectivity index (χ0n) is 11.9. The largest absolute Gasteiger partial charge is 0.355 e. The van der Waals surface area contributed by atoms with Gasteiger partial charge in [-0.3, -0.25) is 9.59 Å². The fourth-order valence-electron chi connectivity index (χ4n) is 1.74. The Labute approximate surface area is 118 Å². The summed E-state index contributed by atoms with van der Waals surface area (Å²) in [6, 6.07) is 0. The molecule has 108 valence electrons. The van der Waals surface area contributed by atoms with Crippen LogP contribution in [0.5, 0.6) is 0 Å². The molecule has 0 radical (unpaired) electrons. The third kappa shape index (κ3) is 5.16. The summed E-state index contributed by atoms with van der Waals surface area (Å²) in [4.78, 5) is 24.3. The Hall–Kier alpha value is -1.14. The van der Waals surface area contributed by atoms with E-state index in [-0.39, 0.29) is 10.8 Å². The Kier molecular flexibility index (Phi) is 6.80. The molecule has 0 aliphatic heterocycles. The third-order valence-corrected chi connectivity index (χ3v) is 3.98. The van der Waals surface area contributed by atoms with Crippen molar-refractivity contribution in [1.29, 1.82) is 0 Å². The van der Waals surface area contributed by atoms with Crippen LogP contribution in [-0.2, 0) is 11.3 Å². The molecule has 0 saturated heterocycles. The van der Waals surface area contributed by atoms with Crippen molar-refractivity contribution in [3.8, 4) is 0 Å². The van der Waals surface area contributed by atoms with Gasteiger partial charge in [-0.25, -0.2) is 0 Å². The number of nitrogens with zero attached hydrogens (tertiary/aromatic N) is 1. The van der Waals surface area contributed by atoms with E-state index in [1.54, 1.807) is 4.57 Å². The first kappa shape index (κ1) is 15.9. The van der Waals surface area contributed by atoms with Crippen molar-refractivity contribution in [2.45, 2.75) is 40.2 Å². The van der Waals surface area contributed by atoms with Crippen molar-refractivity contribution in [2.75, 3.05) is 19.6 Å². The van der Waals surface area contributed by atoms with E-state index in [2.05, 4.69) is 17.6 Å². The maximum absolute atomic E-state index is 11.6. The first-order valence-electron chi connectivity index (χ1n) is 6.70. The van der Waals surface area contributed by atoms with Crippen molar-refractivity contribution in [1.82, 2.24) is 15.2 Å². The first-order chi connectivity index (χ1) is 9.06. The number of amides is 1. The standard InChI is InChI=1S/C13H23N3O2S/c1-4-6-14-7-8-15-12(17)5-9-16-10(2)11(3)19-13(16)18/h14H,4-9H2,1-3H3,(H,15,17). The highest BCUT2D eigenvalue weighted by Gasteiger charge is 2.09. The van der Waals surface area contributed by atoms with Crippen LogP contribution in [0.1, 0.15) is 30.3 Å². The van der Waals surface area contributed by atoms with Crippen molar-refractivity contribution in [3.63, 3.8) is 0 Å². The smallest absolute Gasteiger partial charge is 0.307 e. The predicted octanol–water partition coefficient (Wildman–Crippen LogP) is 1.03. The van der Waals surface area contributed by atoms with Gasteiger partial charge in [-0.2, -0.15) is 0 Å². The van der Waals surface area contributed by atoms with E-state index in [1.165, 1.54) is 11.3 Å². The maximum atomic E-state index is 11.6. The monoisotopic (exact) mass is 285 g/mol. The molecule has 0 aliphatic rings. The lowest BCUT2D eigenvalue weighted by molar-refractivity contribution is -0.121. The van der Waals surface area contributed by atoms with Crippen molar-refractivity contribution >= 4 is 17.2 Å². The lowest BCUT2D eigenvalue weighted by atomic mass is 10.3. The Bertz CT molecular complexity index is 465. The molecular formula is C13H23N3O2S. The van der Waals surface area contributed by atoms with Crippen LogP contribution in [0.2, 0.25) is 0 Å². The normalized spacial score (nSPS) is 10.7. The molecular weight excluding hydrogens is 262 g/mol. The maximum Gasteiger partial charge on any atom is 0.307 e. The topological polar surface area (TPSA) is 63.1 Å². The second-order valence-corrected chi connectivity index (χ2v) is 5.68. The number of rotatable bonds is 8. The van der Waals surface area contributed by atoms with Gasteiger partial charge < -0.3 is 15.2 Å². The molecule has 0 saturated carbocycles. The highest BCUT2D eigenvalue weighted by Crippen LogP contribution is 2.09. The van der Waals surface area contributed by atoms with Crippen LogP contribution >= 0.6 is 11.3 Å². The van der Waals surface area contributed by atoms with Crippen LogP contribution in [-0.4, -0.2) is 30.1 Å². The number of carbonyl (C=O) groups excluding carboxylic acids is 1. The number of aryl methyl sites for hydroxylation is 1. The van der Waals surface area contributed by atoms with Gasteiger partial charge in [0, 0.05) is 36.6 Å². The van der Waals surface area contributed by atoms with Crippen LogP contribution in [0.4, 0.5) is 0 Å². The lowest BCUT2D eigenvalue weighted by Gasteiger charge is -2.07. The fraction of sp³-hybridized carbons (Fsp3) is 0.692. The van der Waals surface area contributed by atoms with Gasteiger partial charge in [-0.05, 0) is 26.8 Å². The molecule has 1 aromatic heterocycles. The SMILES string of the molecule is CCCNCCNC(=O)CCn1c(C)c(C)sc1=O. The van der Waals surface area contributed by atoms with Crippen LogP contribution in [0, 0.1) is 13.8 Å². The van der Waals surface area contributed by atoms with Crippen LogP contribution in [0.15, 0.2) is 4.79 Å². The van der Waals surface area contributed by atoms with E-state index < -0.39 is 0 Å². The van der Waals surface area contributed by atoms with Crippen molar-refractivity contribution < 1.29 is 4.79 Å². The molecule has 6 heteroatoms. The lowest BCUT2D eigenvalue weighted by Crippen LogP contribution is -2.33. The molecule has 0 aromatic carbocycles. The molecule has 0 aliphatic carbocycles. The van der Waals surface area contributed by atoms with Gasteiger partial charge in [-0.15, -0.1) is 0 Å². The summed E-state index contributed by atoms with van der Waals surface area (Å²) in [6.45, 7) is 8.80. The van der Waals surface area contributed by atoms with E-state index in [1.807, 2.05) is 13.8 Å². The number of hydrogen-bond donors (Lipinski definition) is 2. The van der Waals surface area contributed by atoms with Gasteiger partial charge in [0.25, 0.3) is 0 Å². The number of thiazole rings is 1. The fourth-order valence-corrected chi connectivity index (χ4v) is 2.60. The molecule has 0 atom stereocenters. The molecule has 1 rings (SSSR count). The minimum atomic E-state index is -0.00606. The molecule has 1 amide bonds. The molecule has 2 N–H and O–H groups in total. The highest BCUT2D eigenvalue weighted by atomic mass is 32.1. The summed E-state index contributed by atoms with van der Waals surface area (Å²) in [5.74, 6) is -0.00606. The predicted molar refractivity (Wildman–Crippen MR) is 78.8 cm³/mol. The molecule has 19 heavy (non-hydrogen) atoms. The molecule has 1 aromatic rings. The summed E-state index contributed by atoms with van der Waals surface area (Å²) < 4.78 is 1.68. The van der Waals surface area contributed by atoms with Crippen LogP contribution in [0.3, 0.4) is 0 Å². The van der Waals surface area contributed by atoms with Crippen LogP contribution in [0.25, 0.3) is 0 Å². The van der Waals surface area contributed by atoms with Crippen molar-refractivity contribution in [3.05, 3.63) is 20.2 Å². The second kappa shape index (κ2) is 8.12. The second-order valence-electron chi connectivity index (χ2n) is 4.51. The third-order valence-electron chi connectivity index (χ3n) is 2.99. The van der Waals surface area contributed by atoms with Gasteiger partial charge in [0.1, 0.15) is 0 Å². The quantitative estimate of drug-likeness (QED) is 0.701. The Morgan fingerprint density at radius 2 is 2.00 bits per heavy atom. The molecule has 0 unspecified atom stereocenters. The summed E-state index contributed by atoms with van der Waals surface area (Å²) in [6.07, 6.45) is 1.44. The van der Waals surface area contributed by atoms with Gasteiger partial charge in [0.15, 0.2) is 0 Å². The van der Waals surface area contributed by atoms with Gasteiger partial charge >= 0.3 is 4.87 Å². The summed E-state index contributed by atoms with van der Waals surface area (Å²) in [7, 11) is 0. The van der Waals surface area contributed by atoms with Gasteiger partial charge in [0.2, 0.25) is 5.91 Å². The first-order valence-corrected chi connectivity index (χ1v) is 7.52. The Morgan fingerprint density at radius 1 is 1.26 bits per heavy atom. The van der Waals surface area contributed by atoms with E-state index >= 15 is 0 Å². The van der Waals surface area contributed by atoms with Crippen molar-refractivity contribution in [2.24, 2.45) is 0 Å². The average Bonchev–Trinajstić information content (AvgIpc) is 2.61. The molecule has 0 bridgehead atoms. The average molecular weight is 285 g/mol. The van der Waals surface area contributed by atoms with Crippen LogP contribution < -0.4 is 15.5 Å². The van der Waals surface area contributed by atoms with Gasteiger partial charge in [-0.1, -0.05) is 18.3 Å².